The Kier molecular flexibility index (Phi) is 5.06. The van der Waals surface area contributed by atoms with Crippen molar-refractivity contribution in [3.05, 3.63) is 23.8 Å². The summed E-state index contributed by atoms with van der Waals surface area (Å²) in [5.41, 5.74) is 1.15. The van der Waals surface area contributed by atoms with Crippen molar-refractivity contribution in [3.63, 3.8) is 0 Å². The van der Waals surface area contributed by atoms with Crippen LogP contribution in [0.5, 0.6) is 5.75 Å². The first-order chi connectivity index (χ1) is 6.64. The van der Waals surface area contributed by atoms with Gasteiger partial charge in [-0.2, -0.15) is 0 Å². The van der Waals surface area contributed by atoms with E-state index in [9.17, 15) is 5.11 Å². The molecule has 0 saturated carbocycles. The quantitative estimate of drug-likeness (QED) is 0.775. The van der Waals surface area contributed by atoms with Crippen molar-refractivity contribution >= 4 is 13.3 Å². The predicted octanol–water partition coefficient (Wildman–Crippen LogP) is 3.41. The molecule has 0 heterocycles. The number of phenolic OH excluding ortho intramolecular Hbond substituents is 1. The monoisotopic (exact) mass is 270 g/mol. The molecule has 3 heteroatoms. The maximum absolute atomic E-state index is 9.65. The van der Waals surface area contributed by atoms with E-state index in [1.54, 1.807) is 0 Å². The van der Waals surface area contributed by atoms with Gasteiger partial charge in [0, 0.05) is 21.7 Å². The van der Waals surface area contributed by atoms with Crippen LogP contribution < -0.4 is 5.19 Å². The van der Waals surface area contributed by atoms with Gasteiger partial charge >= 0.3 is 0 Å². The Hall–Kier alpha value is -0.0488. The van der Waals surface area contributed by atoms with Gasteiger partial charge in [0.25, 0.3) is 0 Å². The van der Waals surface area contributed by atoms with Crippen LogP contribution in [0.1, 0.15) is 26.3 Å². The van der Waals surface area contributed by atoms with Gasteiger partial charge in [-0.05, 0) is 29.7 Å². The van der Waals surface area contributed by atoms with E-state index in [1.807, 2.05) is 19.1 Å². The van der Waals surface area contributed by atoms with Crippen LogP contribution in [0.15, 0.2) is 18.2 Å². The standard InChI is InChI=1S/C13H22OSi.Ti/c1-10-7-11(14)9-12(8-10)15(5,6)13(2,3)4;/h7-9,14H,1-6H3;. The van der Waals surface area contributed by atoms with Gasteiger partial charge in [0.15, 0.2) is 0 Å². The maximum Gasteiger partial charge on any atom is 0.115 e. The van der Waals surface area contributed by atoms with Crippen LogP contribution in [-0.2, 0) is 21.7 Å². The van der Waals surface area contributed by atoms with E-state index in [4.69, 9.17) is 0 Å². The first kappa shape index (κ1) is 16.0. The molecule has 16 heavy (non-hydrogen) atoms. The molecule has 0 radical (unpaired) electrons. The zero-order valence-electron chi connectivity index (χ0n) is 11.2. The molecule has 1 aromatic carbocycles. The summed E-state index contributed by atoms with van der Waals surface area (Å²) in [4.78, 5) is 0. The van der Waals surface area contributed by atoms with Gasteiger partial charge in [-0.1, -0.05) is 45.1 Å². The predicted molar refractivity (Wildman–Crippen MR) is 69.7 cm³/mol. The summed E-state index contributed by atoms with van der Waals surface area (Å²) in [6, 6.07) is 5.97. The number of aryl methyl sites for hydroxylation is 1. The molecular weight excluding hydrogens is 248 g/mol. The smallest absolute Gasteiger partial charge is 0.115 e. The Balaban J connectivity index is 0.00000225. The Morgan fingerprint density at radius 3 is 1.94 bits per heavy atom. The van der Waals surface area contributed by atoms with E-state index in [1.165, 1.54) is 5.19 Å². The fourth-order valence-electron chi connectivity index (χ4n) is 1.56. The summed E-state index contributed by atoms with van der Waals surface area (Å²) in [7, 11) is -1.50. The molecule has 0 spiro atoms. The summed E-state index contributed by atoms with van der Waals surface area (Å²) in [6.45, 7) is 13.6. The molecular formula is C13H22OSiTi. The summed E-state index contributed by atoms with van der Waals surface area (Å²) >= 11 is 0. The molecule has 1 aromatic rings. The van der Waals surface area contributed by atoms with Crippen molar-refractivity contribution in [1.82, 2.24) is 0 Å². The van der Waals surface area contributed by atoms with Gasteiger partial charge in [-0.15, -0.1) is 0 Å². The minimum atomic E-state index is -1.50. The van der Waals surface area contributed by atoms with Crippen molar-refractivity contribution in [1.29, 1.82) is 0 Å². The van der Waals surface area contributed by atoms with Crippen molar-refractivity contribution in [2.45, 2.75) is 45.8 Å². The zero-order chi connectivity index (χ0) is 11.9. The van der Waals surface area contributed by atoms with E-state index in [2.05, 4.69) is 39.9 Å². The average molecular weight is 270 g/mol. The molecule has 1 rings (SSSR count). The summed E-state index contributed by atoms with van der Waals surface area (Å²) in [5.74, 6) is 0.398. The Morgan fingerprint density at radius 2 is 1.56 bits per heavy atom. The topological polar surface area (TPSA) is 20.2 Å². The molecule has 1 nitrogen and oxygen atoms in total. The summed E-state index contributed by atoms with van der Waals surface area (Å²) < 4.78 is 0. The third-order valence-corrected chi connectivity index (χ3v) is 9.14. The van der Waals surface area contributed by atoms with Crippen LogP contribution in [0.3, 0.4) is 0 Å². The van der Waals surface area contributed by atoms with Crippen LogP contribution in [0.2, 0.25) is 18.1 Å². The number of aromatic hydroxyl groups is 1. The second-order valence-electron chi connectivity index (χ2n) is 5.93. The number of hydrogen-bond acceptors (Lipinski definition) is 1. The molecule has 0 aliphatic heterocycles. The fraction of sp³-hybridized carbons (Fsp3) is 0.538. The first-order valence-corrected chi connectivity index (χ1v) is 8.46. The van der Waals surface area contributed by atoms with E-state index >= 15 is 0 Å². The van der Waals surface area contributed by atoms with Crippen LogP contribution >= 0.6 is 0 Å². The zero-order valence-corrected chi connectivity index (χ0v) is 13.7. The largest absolute Gasteiger partial charge is 0.508 e. The van der Waals surface area contributed by atoms with Crippen LogP contribution in [0.4, 0.5) is 0 Å². The molecule has 0 aromatic heterocycles. The second kappa shape index (κ2) is 5.07. The molecule has 0 unspecified atom stereocenters. The Bertz CT molecular complexity index is 346. The minimum Gasteiger partial charge on any atom is -0.508 e. The molecule has 0 saturated heterocycles. The number of rotatable bonds is 1. The molecule has 0 bridgehead atoms. The third-order valence-electron chi connectivity index (χ3n) is 3.66. The van der Waals surface area contributed by atoms with Gasteiger partial charge in [-0.25, -0.2) is 0 Å². The maximum atomic E-state index is 9.65. The molecule has 0 fully saturated rings. The fourth-order valence-corrected chi connectivity index (χ4v) is 3.52. The van der Waals surface area contributed by atoms with Gasteiger partial charge < -0.3 is 5.11 Å². The van der Waals surface area contributed by atoms with E-state index in [-0.39, 0.29) is 21.7 Å². The van der Waals surface area contributed by atoms with Crippen molar-refractivity contribution in [2.75, 3.05) is 0 Å². The SMILES string of the molecule is Cc1cc(O)cc([Si](C)(C)C(C)(C)C)c1.[Ti]. The van der Waals surface area contributed by atoms with E-state index in [0.29, 0.717) is 10.8 Å². The molecule has 0 aliphatic carbocycles. The minimum absolute atomic E-state index is 0. The number of phenols is 1. The third kappa shape index (κ3) is 3.22. The molecule has 0 amide bonds. The van der Waals surface area contributed by atoms with Gasteiger partial charge in [0.2, 0.25) is 0 Å². The molecule has 0 atom stereocenters. The van der Waals surface area contributed by atoms with Gasteiger partial charge in [-0.3, -0.25) is 0 Å². The normalized spacial score (nSPS) is 12.1. The van der Waals surface area contributed by atoms with Gasteiger partial charge in [0.05, 0.1) is 8.07 Å². The summed E-state index contributed by atoms with van der Waals surface area (Å²) in [6.07, 6.45) is 0. The molecule has 88 valence electrons. The van der Waals surface area contributed by atoms with Crippen LogP contribution in [0, 0.1) is 6.92 Å². The van der Waals surface area contributed by atoms with Crippen molar-refractivity contribution in [3.8, 4) is 5.75 Å². The van der Waals surface area contributed by atoms with Crippen LogP contribution in [-0.4, -0.2) is 13.2 Å². The van der Waals surface area contributed by atoms with E-state index in [0.717, 1.165) is 5.56 Å². The second-order valence-corrected chi connectivity index (χ2v) is 11.3. The number of hydrogen-bond donors (Lipinski definition) is 1. The van der Waals surface area contributed by atoms with Crippen LogP contribution in [0.25, 0.3) is 0 Å². The van der Waals surface area contributed by atoms with Crippen molar-refractivity contribution < 1.29 is 26.8 Å². The van der Waals surface area contributed by atoms with E-state index < -0.39 is 8.07 Å². The van der Waals surface area contributed by atoms with Gasteiger partial charge in [0.1, 0.15) is 5.75 Å². The Labute approximate surface area is 115 Å². The molecule has 1 N–H and O–H groups in total. The molecule has 0 aliphatic rings. The number of benzene rings is 1. The summed E-state index contributed by atoms with van der Waals surface area (Å²) in [5, 5.41) is 11.3. The van der Waals surface area contributed by atoms with Crippen molar-refractivity contribution in [2.24, 2.45) is 0 Å². The first-order valence-electron chi connectivity index (χ1n) is 5.46. The average Bonchev–Trinajstić information content (AvgIpc) is 1.99. The Morgan fingerprint density at radius 1 is 1.06 bits per heavy atom.